The molecule has 326 valence electrons. The van der Waals surface area contributed by atoms with Crippen molar-refractivity contribution in [2.24, 2.45) is 11.8 Å². The van der Waals surface area contributed by atoms with E-state index in [9.17, 15) is 19.2 Å². The van der Waals surface area contributed by atoms with E-state index in [1.54, 1.807) is 4.90 Å². The molecule has 2 heterocycles. The molecule has 5 aromatic rings. The molecular formula is C49H60N8O5. The summed E-state index contributed by atoms with van der Waals surface area (Å²) in [7, 11) is 1.29. The number of rotatable bonds is 12. The summed E-state index contributed by atoms with van der Waals surface area (Å²) >= 11 is 0. The third kappa shape index (κ3) is 9.41. The molecule has 3 fully saturated rings. The Morgan fingerprint density at radius 2 is 1.18 bits per heavy atom. The minimum Gasteiger partial charge on any atom is -0.452 e. The molecule has 3 aliphatic rings. The average molecular weight is 841 g/mol. The van der Waals surface area contributed by atoms with Crippen LogP contribution in [0.25, 0.3) is 44.4 Å². The van der Waals surface area contributed by atoms with E-state index < -0.39 is 6.09 Å². The zero-order valence-electron chi connectivity index (χ0n) is 36.6. The van der Waals surface area contributed by atoms with Crippen molar-refractivity contribution in [3.05, 3.63) is 84.7 Å². The number of carbonyl (C=O) groups excluding carboxylic acids is 4. The maximum absolute atomic E-state index is 14.0. The minimum atomic E-state index is -0.664. The molecule has 0 unspecified atom stereocenters. The van der Waals surface area contributed by atoms with Crippen LogP contribution in [-0.4, -0.2) is 85.4 Å². The summed E-state index contributed by atoms with van der Waals surface area (Å²) in [5, 5.41) is 6.65. The number of H-pyrrole nitrogens is 2. The molecule has 13 nitrogen and oxygen atoms in total. The van der Waals surface area contributed by atoms with Crippen LogP contribution in [-0.2, 0) is 19.1 Å². The Labute approximate surface area is 363 Å². The minimum absolute atomic E-state index is 0.0235. The molecule has 4 N–H and O–H groups in total. The van der Waals surface area contributed by atoms with Gasteiger partial charge >= 0.3 is 6.09 Å². The number of amides is 4. The van der Waals surface area contributed by atoms with Gasteiger partial charge in [-0.3, -0.25) is 14.4 Å². The summed E-state index contributed by atoms with van der Waals surface area (Å²) in [6, 6.07) is 21.3. The number of aromatic nitrogens is 4. The zero-order chi connectivity index (χ0) is 43.5. The van der Waals surface area contributed by atoms with Crippen LogP contribution in [0.5, 0.6) is 0 Å². The summed E-state index contributed by atoms with van der Waals surface area (Å²) in [6.45, 7) is 7.81. The fraction of sp³-hybridized carbons (Fsp3) is 0.469. The highest BCUT2D eigenvalue weighted by Gasteiger charge is 2.39. The fourth-order valence-electron chi connectivity index (χ4n) is 9.43. The molecular weight excluding hydrogens is 781 g/mol. The molecule has 3 saturated carbocycles. The third-order valence-corrected chi connectivity index (χ3v) is 13.1. The number of benzene rings is 3. The standard InChI is InChI=1S/C49H60N8O5/c1-29(2)56(28-44(58)52-37-22-23-37)47(59)40-12-8-6-10-38(40)45-50-26-42(53-45)32-16-14-31(15-17-32)33-18-19-35-25-36(21-20-34(35)24-33)43-27-51-46(54-43)39-11-7-9-13-41(39)48(60)57(30(3)4)55-49(61)62-5/h14-21,24-27,29-30,37-41H,6-13,22-23,28H2,1-5H3,(H,50,53)(H,51,54)(H,52,58)(H,55,61)/t38-,39+,40+,41-/m1/s1. The molecule has 0 aliphatic heterocycles. The van der Waals surface area contributed by atoms with Gasteiger partial charge in [0.25, 0.3) is 0 Å². The molecule has 0 saturated heterocycles. The van der Waals surface area contributed by atoms with Gasteiger partial charge in [-0.25, -0.2) is 25.2 Å². The number of nitrogens with one attached hydrogen (secondary N) is 4. The molecule has 4 amide bonds. The largest absolute Gasteiger partial charge is 0.452 e. The Hall–Kier alpha value is -5.98. The Morgan fingerprint density at radius 1 is 0.661 bits per heavy atom. The van der Waals surface area contributed by atoms with E-state index in [1.165, 1.54) is 12.1 Å². The number of fused-ring (bicyclic) bond motifs is 1. The number of hydrogen-bond acceptors (Lipinski definition) is 7. The van der Waals surface area contributed by atoms with Gasteiger partial charge in [-0.15, -0.1) is 0 Å². The van der Waals surface area contributed by atoms with Crippen molar-refractivity contribution in [2.45, 2.75) is 122 Å². The highest BCUT2D eigenvalue weighted by molar-refractivity contribution is 5.91. The quantitative estimate of drug-likeness (QED) is 0.0912. The number of ether oxygens (including phenoxy) is 1. The molecule has 62 heavy (non-hydrogen) atoms. The number of carbonyl (C=O) groups is 4. The monoisotopic (exact) mass is 840 g/mol. The van der Waals surface area contributed by atoms with Gasteiger partial charge < -0.3 is 24.9 Å². The van der Waals surface area contributed by atoms with Crippen LogP contribution in [0.15, 0.2) is 73.1 Å². The lowest BCUT2D eigenvalue weighted by Gasteiger charge is -2.35. The van der Waals surface area contributed by atoms with Crippen LogP contribution in [0.1, 0.15) is 115 Å². The van der Waals surface area contributed by atoms with Crippen molar-refractivity contribution in [3.63, 3.8) is 0 Å². The summed E-state index contributed by atoms with van der Waals surface area (Å²) in [5.41, 5.74) is 8.66. The van der Waals surface area contributed by atoms with Crippen LogP contribution in [0.2, 0.25) is 0 Å². The first-order chi connectivity index (χ1) is 30.0. The van der Waals surface area contributed by atoms with Crippen molar-refractivity contribution in [3.8, 4) is 33.6 Å². The second kappa shape index (κ2) is 18.6. The van der Waals surface area contributed by atoms with Crippen molar-refractivity contribution in [1.82, 2.24) is 40.6 Å². The van der Waals surface area contributed by atoms with Crippen LogP contribution >= 0.6 is 0 Å². The predicted octanol–water partition coefficient (Wildman–Crippen LogP) is 8.86. The molecule has 0 spiro atoms. The Balaban J connectivity index is 0.938. The first-order valence-corrected chi connectivity index (χ1v) is 22.5. The van der Waals surface area contributed by atoms with E-state index in [-0.39, 0.29) is 66.1 Å². The number of imidazole rings is 2. The first kappa shape index (κ1) is 42.7. The number of hydrazine groups is 1. The van der Waals surface area contributed by atoms with Crippen molar-refractivity contribution in [1.29, 1.82) is 0 Å². The van der Waals surface area contributed by atoms with E-state index in [0.29, 0.717) is 0 Å². The third-order valence-electron chi connectivity index (χ3n) is 13.1. The van der Waals surface area contributed by atoms with Crippen molar-refractivity contribution in [2.75, 3.05) is 13.7 Å². The average Bonchev–Trinajstić information content (AvgIpc) is 3.72. The van der Waals surface area contributed by atoms with Gasteiger partial charge in [0.2, 0.25) is 17.7 Å². The lowest BCUT2D eigenvalue weighted by molar-refractivity contribution is -0.143. The maximum atomic E-state index is 14.0. The summed E-state index contributed by atoms with van der Waals surface area (Å²) in [4.78, 5) is 71.0. The SMILES string of the molecule is COC(=O)NN(C(=O)[C@@H]1CCCC[C@@H]1c1ncc(-c2ccc3cc(-c4ccc(-c5cnc([C@@H]6CCCC[C@@H]6C(=O)N(CC(=O)NC6CC6)C(C)C)[nH]5)cc4)ccc3c2)[nH]1)C(C)C. The fourth-order valence-corrected chi connectivity index (χ4v) is 9.43. The number of methoxy groups -OCH3 is 1. The van der Waals surface area contributed by atoms with Crippen LogP contribution in [0.4, 0.5) is 4.79 Å². The highest BCUT2D eigenvalue weighted by atomic mass is 16.5. The van der Waals surface area contributed by atoms with Gasteiger partial charge in [-0.05, 0) is 106 Å². The van der Waals surface area contributed by atoms with Crippen LogP contribution in [0, 0.1) is 11.8 Å². The van der Waals surface area contributed by atoms with Gasteiger partial charge in [0, 0.05) is 47.4 Å². The van der Waals surface area contributed by atoms with E-state index in [0.717, 1.165) is 120 Å². The predicted molar refractivity (Wildman–Crippen MR) is 239 cm³/mol. The van der Waals surface area contributed by atoms with Crippen LogP contribution < -0.4 is 10.7 Å². The second-order valence-electron chi connectivity index (χ2n) is 18.0. The van der Waals surface area contributed by atoms with E-state index in [1.807, 2.05) is 40.1 Å². The van der Waals surface area contributed by atoms with E-state index in [4.69, 9.17) is 14.7 Å². The normalized spacial score (nSPS) is 20.2. The molecule has 3 aromatic carbocycles. The molecule has 8 rings (SSSR count). The van der Waals surface area contributed by atoms with Crippen molar-refractivity contribution < 1.29 is 23.9 Å². The van der Waals surface area contributed by atoms with Crippen LogP contribution in [0.3, 0.4) is 0 Å². The van der Waals surface area contributed by atoms with E-state index >= 15 is 0 Å². The Morgan fingerprint density at radius 3 is 1.74 bits per heavy atom. The zero-order valence-corrected chi connectivity index (χ0v) is 36.6. The molecule has 2 aromatic heterocycles. The lowest BCUT2D eigenvalue weighted by Crippen LogP contribution is -2.53. The van der Waals surface area contributed by atoms with Gasteiger partial charge in [-0.1, -0.05) is 74.2 Å². The Kier molecular flexibility index (Phi) is 12.8. The summed E-state index contributed by atoms with van der Waals surface area (Å²) < 4.78 is 4.78. The molecule has 3 aliphatic carbocycles. The Bertz CT molecular complexity index is 2400. The van der Waals surface area contributed by atoms with Gasteiger partial charge in [-0.2, -0.15) is 0 Å². The molecule has 4 atom stereocenters. The molecule has 0 radical (unpaired) electrons. The van der Waals surface area contributed by atoms with Crippen molar-refractivity contribution >= 4 is 34.6 Å². The number of aromatic amines is 2. The first-order valence-electron chi connectivity index (χ1n) is 22.5. The maximum Gasteiger partial charge on any atom is 0.425 e. The smallest absolute Gasteiger partial charge is 0.425 e. The topological polar surface area (TPSA) is 165 Å². The number of hydrogen-bond donors (Lipinski definition) is 4. The second-order valence-corrected chi connectivity index (χ2v) is 18.0. The highest BCUT2D eigenvalue weighted by Crippen LogP contribution is 2.40. The van der Waals surface area contributed by atoms with E-state index in [2.05, 4.69) is 81.4 Å². The summed E-state index contributed by atoms with van der Waals surface area (Å²) in [5.74, 6) is 0.838. The van der Waals surface area contributed by atoms with Gasteiger partial charge in [0.1, 0.15) is 11.6 Å². The molecule has 13 heteroatoms. The summed E-state index contributed by atoms with van der Waals surface area (Å²) in [6.07, 6.45) is 12.3. The lowest BCUT2D eigenvalue weighted by atomic mass is 9.77. The van der Waals surface area contributed by atoms with Gasteiger partial charge in [0.15, 0.2) is 0 Å². The number of nitrogens with zero attached hydrogens (tertiary/aromatic N) is 4. The molecule has 0 bridgehead atoms. The van der Waals surface area contributed by atoms with Gasteiger partial charge in [0.05, 0.1) is 37.4 Å².